The van der Waals surface area contributed by atoms with Gasteiger partial charge >= 0.3 is 11.9 Å². The number of hydrogen-bond acceptors (Lipinski definition) is 7. The molecule has 0 rings (SSSR count). The van der Waals surface area contributed by atoms with Crippen LogP contribution in [0.25, 0.3) is 0 Å². The van der Waals surface area contributed by atoms with E-state index in [0.717, 1.165) is 83.5 Å². The monoisotopic (exact) mass is 742 g/mol. The van der Waals surface area contributed by atoms with Crippen molar-refractivity contribution in [3.05, 3.63) is 72.9 Å². The fourth-order valence-corrected chi connectivity index (χ4v) is 5.42. The number of unbranched alkanes of at least 4 members (excludes halogenated alkanes) is 9. The summed E-state index contributed by atoms with van der Waals surface area (Å²) in [4.78, 5) is 36.6. The Morgan fingerprint density at radius 3 is 1.57 bits per heavy atom. The molecule has 302 valence electrons. The first-order valence-corrected chi connectivity index (χ1v) is 20.5. The molecule has 2 atom stereocenters. The number of carboxylic acid groups (broad SMARTS) is 1. The van der Waals surface area contributed by atoms with E-state index in [1.54, 1.807) is 21.1 Å². The Kier molecular flexibility index (Phi) is 33.6. The third-order valence-electron chi connectivity index (χ3n) is 8.61. The van der Waals surface area contributed by atoms with Gasteiger partial charge in [-0.2, -0.15) is 0 Å². The number of allylic oxidation sites excluding steroid dienone is 12. The maximum Gasteiger partial charge on any atom is 0.306 e. The molecule has 53 heavy (non-hydrogen) atoms. The molecular weight excluding hydrogens is 666 g/mol. The Morgan fingerprint density at radius 1 is 0.585 bits per heavy atom. The van der Waals surface area contributed by atoms with Crippen molar-refractivity contribution in [2.24, 2.45) is 0 Å². The number of nitrogens with zero attached hydrogens (tertiary/aromatic N) is 1. The smallest absolute Gasteiger partial charge is 0.306 e. The normalized spacial score (nSPS) is 13.8. The van der Waals surface area contributed by atoms with E-state index in [2.05, 4.69) is 86.8 Å². The second-order valence-corrected chi connectivity index (χ2v) is 14.5. The highest BCUT2D eigenvalue weighted by molar-refractivity contribution is 5.70. The number of carbonyl (C=O) groups excluding carboxylic acids is 3. The molecule has 0 aromatic heterocycles. The first-order chi connectivity index (χ1) is 25.6. The van der Waals surface area contributed by atoms with Gasteiger partial charge in [-0.15, -0.1) is 0 Å². The quantitative estimate of drug-likeness (QED) is 0.0276. The van der Waals surface area contributed by atoms with Gasteiger partial charge in [0.15, 0.2) is 6.10 Å². The lowest BCUT2D eigenvalue weighted by Gasteiger charge is -2.34. The van der Waals surface area contributed by atoms with Gasteiger partial charge in [0.25, 0.3) is 0 Å². The van der Waals surface area contributed by atoms with Crippen molar-refractivity contribution >= 4 is 17.9 Å². The summed E-state index contributed by atoms with van der Waals surface area (Å²) in [6.07, 6.45) is 43.7. The van der Waals surface area contributed by atoms with Crippen molar-refractivity contribution in [1.29, 1.82) is 0 Å². The first-order valence-electron chi connectivity index (χ1n) is 20.5. The van der Waals surface area contributed by atoms with Crippen LogP contribution >= 0.6 is 0 Å². The molecule has 8 heteroatoms. The third-order valence-corrected chi connectivity index (χ3v) is 8.61. The molecule has 0 saturated carbocycles. The van der Waals surface area contributed by atoms with E-state index in [-0.39, 0.29) is 42.7 Å². The minimum absolute atomic E-state index is 0.0267. The molecule has 2 unspecified atom stereocenters. The molecule has 0 saturated heterocycles. The topological polar surface area (TPSA) is 102 Å². The zero-order valence-electron chi connectivity index (χ0n) is 34.2. The number of carbonyl (C=O) groups is 3. The fourth-order valence-electron chi connectivity index (χ4n) is 5.42. The number of likely N-dealkylation sites (N-methyl/N-ethyl adjacent to an activating group) is 1. The number of quaternary nitrogens is 1. The van der Waals surface area contributed by atoms with E-state index in [1.807, 2.05) is 0 Å². The lowest BCUT2D eigenvalue weighted by atomic mass is 10.1. The molecule has 0 aliphatic heterocycles. The van der Waals surface area contributed by atoms with Crippen molar-refractivity contribution in [3.8, 4) is 0 Å². The second-order valence-electron chi connectivity index (χ2n) is 14.5. The number of hydrogen-bond donors (Lipinski definition) is 0. The Labute approximate surface area is 323 Å². The van der Waals surface area contributed by atoms with Gasteiger partial charge in [-0.25, -0.2) is 0 Å². The Morgan fingerprint density at radius 2 is 1.06 bits per heavy atom. The van der Waals surface area contributed by atoms with Crippen LogP contribution in [0.5, 0.6) is 0 Å². The molecule has 0 aromatic rings. The minimum atomic E-state index is -1.13. The molecule has 0 N–H and O–H groups in total. The second kappa shape index (κ2) is 35.8. The van der Waals surface area contributed by atoms with Gasteiger partial charge < -0.3 is 28.6 Å². The molecule has 0 aliphatic carbocycles. The fraction of sp³-hybridized carbons (Fsp3) is 0.667. The van der Waals surface area contributed by atoms with Crippen LogP contribution in [0.15, 0.2) is 72.9 Å². The van der Waals surface area contributed by atoms with Crippen LogP contribution in [0.2, 0.25) is 0 Å². The Bertz CT molecular complexity index is 1100. The highest BCUT2D eigenvalue weighted by atomic mass is 16.6. The Balaban J connectivity index is 4.32. The summed E-state index contributed by atoms with van der Waals surface area (Å²) >= 11 is 0. The van der Waals surface area contributed by atoms with Crippen molar-refractivity contribution in [2.45, 2.75) is 154 Å². The zero-order valence-corrected chi connectivity index (χ0v) is 34.2. The zero-order chi connectivity index (χ0) is 39.3. The lowest BCUT2D eigenvalue weighted by molar-refractivity contribution is -0.889. The SMILES string of the molecule is CC/C=C/C/C=C/C/C=C/C/C=C/C/C=C/C/C=C/CCCCCC(=O)OCC(COCCC(C(=O)[O-])[N+](C)(C)C)OC(=O)CCCCCCCCC. The van der Waals surface area contributed by atoms with Crippen LogP contribution in [-0.2, 0) is 28.6 Å². The predicted octanol–water partition coefficient (Wildman–Crippen LogP) is 9.46. The number of rotatable bonds is 35. The van der Waals surface area contributed by atoms with Crippen LogP contribution in [-0.4, -0.2) is 75.5 Å². The molecule has 0 spiro atoms. The van der Waals surface area contributed by atoms with Gasteiger partial charge in [0.2, 0.25) is 0 Å². The van der Waals surface area contributed by atoms with Crippen LogP contribution in [0.4, 0.5) is 0 Å². The summed E-state index contributed by atoms with van der Waals surface area (Å²) in [5, 5.41) is 11.6. The predicted molar refractivity (Wildman–Crippen MR) is 217 cm³/mol. The Hall–Kier alpha value is -3.23. The molecular formula is C45H75NO7. The third kappa shape index (κ3) is 34.3. The summed E-state index contributed by atoms with van der Waals surface area (Å²) < 4.78 is 17.0. The van der Waals surface area contributed by atoms with E-state index in [1.165, 1.54) is 25.7 Å². The van der Waals surface area contributed by atoms with Crippen LogP contribution in [0, 0.1) is 0 Å². The molecule has 0 bridgehead atoms. The summed E-state index contributed by atoms with van der Waals surface area (Å²) in [6.45, 7) is 4.44. The molecule has 0 fully saturated rings. The standard InChI is InChI=1S/C45H75NO7/c1-6-8-10-12-14-15-16-17-18-19-20-21-22-23-24-25-26-27-28-30-31-33-35-43(47)52-40-41(39-51-38-37-42(45(49)50)46(3,4)5)53-44(48)36-34-32-29-13-11-9-7-2/h8,10,14-15,17-18,20-21,23-24,26-27,41-42H,6-7,9,11-13,16,19,22,25,28-40H2,1-5H3/b10-8+,15-14+,18-17+,21-20+,24-23+,27-26+. The highest BCUT2D eigenvalue weighted by Crippen LogP contribution is 2.12. The van der Waals surface area contributed by atoms with E-state index in [9.17, 15) is 19.5 Å². The van der Waals surface area contributed by atoms with Gasteiger partial charge in [0.1, 0.15) is 12.6 Å². The van der Waals surface area contributed by atoms with Crippen molar-refractivity contribution in [3.63, 3.8) is 0 Å². The maximum atomic E-state index is 12.6. The molecule has 0 aliphatic rings. The molecule has 0 amide bonds. The first kappa shape index (κ1) is 49.8. The van der Waals surface area contributed by atoms with Crippen molar-refractivity contribution in [1.82, 2.24) is 0 Å². The van der Waals surface area contributed by atoms with Crippen molar-refractivity contribution < 1.29 is 38.2 Å². The molecule has 0 aromatic carbocycles. The largest absolute Gasteiger partial charge is 0.544 e. The lowest BCUT2D eigenvalue weighted by Crippen LogP contribution is -2.55. The summed E-state index contributed by atoms with van der Waals surface area (Å²) in [7, 11) is 5.37. The maximum absolute atomic E-state index is 12.6. The van der Waals surface area contributed by atoms with E-state index < -0.39 is 18.1 Å². The average molecular weight is 742 g/mol. The van der Waals surface area contributed by atoms with Gasteiger partial charge in [-0.3, -0.25) is 9.59 Å². The van der Waals surface area contributed by atoms with E-state index in [4.69, 9.17) is 14.2 Å². The summed E-state index contributed by atoms with van der Waals surface area (Å²) in [6, 6.07) is -0.731. The van der Waals surface area contributed by atoms with Crippen LogP contribution in [0.1, 0.15) is 142 Å². The van der Waals surface area contributed by atoms with Gasteiger partial charge in [-0.1, -0.05) is 132 Å². The summed E-state index contributed by atoms with van der Waals surface area (Å²) in [5.74, 6) is -1.80. The number of aliphatic carboxylic acids is 1. The number of ether oxygens (including phenoxy) is 3. The molecule has 0 radical (unpaired) electrons. The van der Waals surface area contributed by atoms with Gasteiger partial charge in [-0.05, 0) is 64.2 Å². The van der Waals surface area contributed by atoms with Crippen LogP contribution < -0.4 is 5.11 Å². The number of esters is 2. The van der Waals surface area contributed by atoms with Crippen LogP contribution in [0.3, 0.4) is 0 Å². The summed E-state index contributed by atoms with van der Waals surface area (Å²) in [5.41, 5.74) is 0. The van der Waals surface area contributed by atoms with Gasteiger partial charge in [0.05, 0.1) is 40.3 Å². The molecule has 0 heterocycles. The highest BCUT2D eigenvalue weighted by Gasteiger charge is 2.25. The minimum Gasteiger partial charge on any atom is -0.544 e. The average Bonchev–Trinajstić information content (AvgIpc) is 3.11. The van der Waals surface area contributed by atoms with Crippen molar-refractivity contribution in [2.75, 3.05) is 41.0 Å². The van der Waals surface area contributed by atoms with E-state index in [0.29, 0.717) is 12.8 Å². The molecule has 8 nitrogen and oxygen atoms in total. The van der Waals surface area contributed by atoms with E-state index >= 15 is 0 Å². The van der Waals surface area contributed by atoms with Gasteiger partial charge in [0, 0.05) is 19.3 Å². The number of carboxylic acids is 1.